The Kier molecular flexibility index (Phi) is 8.78. The molecule has 2 amide bonds. The summed E-state index contributed by atoms with van der Waals surface area (Å²) in [6.07, 6.45) is 0.263. The zero-order valence-corrected chi connectivity index (χ0v) is 26.5. The minimum absolute atomic E-state index is 0.0168. The third-order valence-electron chi connectivity index (χ3n) is 8.46. The van der Waals surface area contributed by atoms with Crippen molar-refractivity contribution in [2.75, 3.05) is 19.6 Å². The van der Waals surface area contributed by atoms with Crippen molar-refractivity contribution in [1.29, 1.82) is 0 Å². The van der Waals surface area contributed by atoms with Gasteiger partial charge in [0.05, 0.1) is 17.7 Å². The van der Waals surface area contributed by atoms with Crippen molar-refractivity contribution in [3.05, 3.63) is 77.6 Å². The summed E-state index contributed by atoms with van der Waals surface area (Å²) in [5.41, 5.74) is -0.833. The van der Waals surface area contributed by atoms with Gasteiger partial charge in [-0.05, 0) is 93.3 Å². The molecule has 0 spiro atoms. The Bertz CT molecular complexity index is 1740. The molecule has 5 rings (SSSR count). The van der Waals surface area contributed by atoms with Crippen LogP contribution in [0.15, 0.2) is 60.7 Å². The zero-order valence-electron chi connectivity index (χ0n) is 26.5. The number of nitrogens with zero attached hydrogens (tertiary/aromatic N) is 4. The van der Waals surface area contributed by atoms with E-state index in [4.69, 9.17) is 4.74 Å². The van der Waals surface area contributed by atoms with Crippen molar-refractivity contribution in [3.63, 3.8) is 0 Å². The standard InChI is InChI=1S/C34H39N5O7/c1-6-35-31(42)30-37-36-29(26-17-25(20(2)3)27(40)18-28(26)41)39(30)22-9-13-24(14-10-22)46-23-11-7-21(8-12-23)32(43)38-16-15-33(4,44)34(5,45)19-38/h7-14,17-18,20,40-41,44-45H,6,15-16,19H2,1-5H3,(H,35,42). The van der Waals surface area contributed by atoms with Gasteiger partial charge in [0.15, 0.2) is 5.82 Å². The minimum atomic E-state index is -1.42. The van der Waals surface area contributed by atoms with E-state index in [1.54, 1.807) is 68.4 Å². The van der Waals surface area contributed by atoms with E-state index in [1.165, 1.54) is 22.5 Å². The van der Waals surface area contributed by atoms with Crippen molar-refractivity contribution in [3.8, 4) is 40.1 Å². The number of likely N-dealkylation sites (tertiary alicyclic amines) is 1. The minimum Gasteiger partial charge on any atom is -0.508 e. The normalized spacial score (nSPS) is 19.7. The lowest BCUT2D eigenvalue weighted by Gasteiger charge is -2.47. The number of rotatable bonds is 8. The number of hydrogen-bond acceptors (Lipinski definition) is 9. The van der Waals surface area contributed by atoms with Crippen LogP contribution in [0.3, 0.4) is 0 Å². The Morgan fingerprint density at radius 1 is 0.935 bits per heavy atom. The van der Waals surface area contributed by atoms with Gasteiger partial charge in [-0.2, -0.15) is 0 Å². The lowest BCUT2D eigenvalue weighted by Crippen LogP contribution is -2.62. The van der Waals surface area contributed by atoms with E-state index in [0.29, 0.717) is 47.0 Å². The molecule has 3 aromatic carbocycles. The second-order valence-corrected chi connectivity index (χ2v) is 12.3. The van der Waals surface area contributed by atoms with Gasteiger partial charge in [0.1, 0.15) is 28.6 Å². The molecule has 12 heteroatoms. The summed E-state index contributed by atoms with van der Waals surface area (Å²) >= 11 is 0. The van der Waals surface area contributed by atoms with Gasteiger partial charge in [-0.15, -0.1) is 10.2 Å². The molecule has 0 saturated carbocycles. The molecule has 242 valence electrons. The van der Waals surface area contributed by atoms with Crippen LogP contribution in [0.2, 0.25) is 0 Å². The monoisotopic (exact) mass is 629 g/mol. The Hall–Kier alpha value is -4.94. The lowest BCUT2D eigenvalue weighted by atomic mass is 9.79. The van der Waals surface area contributed by atoms with Crippen molar-refractivity contribution < 1.29 is 34.8 Å². The summed E-state index contributed by atoms with van der Waals surface area (Å²) in [4.78, 5) is 27.5. The van der Waals surface area contributed by atoms with E-state index in [1.807, 2.05) is 13.8 Å². The summed E-state index contributed by atoms with van der Waals surface area (Å²) in [6, 6.07) is 16.4. The van der Waals surface area contributed by atoms with E-state index in [0.717, 1.165) is 0 Å². The number of ether oxygens (including phenoxy) is 1. The zero-order chi connectivity index (χ0) is 33.4. The molecule has 46 heavy (non-hydrogen) atoms. The maximum atomic E-state index is 13.1. The molecule has 4 aromatic rings. The molecule has 1 saturated heterocycles. The largest absolute Gasteiger partial charge is 0.508 e. The second-order valence-electron chi connectivity index (χ2n) is 12.3. The number of phenols is 2. The molecule has 1 aliphatic rings. The first-order chi connectivity index (χ1) is 21.7. The molecule has 2 atom stereocenters. The number of carbonyl (C=O) groups excluding carboxylic acids is 2. The van der Waals surface area contributed by atoms with Crippen molar-refractivity contribution >= 4 is 11.8 Å². The number of phenolic OH excluding ortho intramolecular Hbond substituents is 2. The molecule has 0 bridgehead atoms. The third-order valence-corrected chi connectivity index (χ3v) is 8.46. The number of amides is 2. The van der Waals surface area contributed by atoms with Crippen LogP contribution in [0.4, 0.5) is 0 Å². The van der Waals surface area contributed by atoms with Crippen molar-refractivity contribution in [2.24, 2.45) is 0 Å². The fourth-order valence-electron chi connectivity index (χ4n) is 5.39. The fraction of sp³-hybridized carbons (Fsp3) is 0.353. The number of benzene rings is 3. The first-order valence-corrected chi connectivity index (χ1v) is 15.1. The second kappa shape index (κ2) is 12.5. The fourth-order valence-corrected chi connectivity index (χ4v) is 5.39. The van der Waals surface area contributed by atoms with E-state index in [2.05, 4.69) is 15.5 Å². The van der Waals surface area contributed by atoms with Crippen molar-refractivity contribution in [2.45, 2.75) is 58.2 Å². The van der Waals surface area contributed by atoms with Crippen LogP contribution < -0.4 is 10.1 Å². The van der Waals surface area contributed by atoms with Crippen LogP contribution in [-0.4, -0.2) is 82.7 Å². The first-order valence-electron chi connectivity index (χ1n) is 15.1. The SMILES string of the molecule is CCNC(=O)c1nnc(-c2cc(C(C)C)c(O)cc2O)n1-c1ccc(Oc2ccc(C(=O)N3CCC(C)(O)C(C)(O)C3)cc2)cc1. The number of aliphatic hydroxyl groups is 2. The van der Waals surface area contributed by atoms with Crippen molar-refractivity contribution in [1.82, 2.24) is 25.0 Å². The predicted octanol–water partition coefficient (Wildman–Crippen LogP) is 4.36. The lowest BCUT2D eigenvalue weighted by molar-refractivity contribution is -0.163. The predicted molar refractivity (Wildman–Crippen MR) is 171 cm³/mol. The Balaban J connectivity index is 1.38. The smallest absolute Gasteiger partial charge is 0.289 e. The van der Waals surface area contributed by atoms with Gasteiger partial charge in [0, 0.05) is 30.4 Å². The number of carbonyl (C=O) groups is 2. The Labute approximate surface area is 266 Å². The van der Waals surface area contributed by atoms with Gasteiger partial charge >= 0.3 is 0 Å². The first kappa shape index (κ1) is 32.5. The molecule has 0 radical (unpaired) electrons. The van der Waals surface area contributed by atoms with Gasteiger partial charge in [-0.3, -0.25) is 14.2 Å². The number of piperidine rings is 1. The highest BCUT2D eigenvalue weighted by Gasteiger charge is 2.47. The van der Waals surface area contributed by atoms with Gasteiger partial charge in [0.2, 0.25) is 5.82 Å². The summed E-state index contributed by atoms with van der Waals surface area (Å²) in [5.74, 6) is 0.215. The molecule has 2 unspecified atom stereocenters. The molecular formula is C34H39N5O7. The van der Waals surface area contributed by atoms with Gasteiger partial charge in [0.25, 0.3) is 11.8 Å². The van der Waals surface area contributed by atoms with Gasteiger partial charge < -0.3 is 35.4 Å². The molecule has 0 aliphatic carbocycles. The summed E-state index contributed by atoms with van der Waals surface area (Å²) in [5, 5.41) is 53.3. The highest BCUT2D eigenvalue weighted by Crippen LogP contribution is 2.38. The van der Waals surface area contributed by atoms with Crippen LogP contribution in [-0.2, 0) is 0 Å². The highest BCUT2D eigenvalue weighted by molar-refractivity contribution is 5.94. The van der Waals surface area contributed by atoms with Crippen LogP contribution in [0.1, 0.15) is 73.5 Å². The number of aromatic hydroxyl groups is 2. The van der Waals surface area contributed by atoms with Crippen LogP contribution in [0.25, 0.3) is 17.1 Å². The number of β-amino-alcohol motifs (C(OH)–C–C–N with tert-alkyl or cyclic N) is 1. The van der Waals surface area contributed by atoms with Crippen LogP contribution >= 0.6 is 0 Å². The van der Waals surface area contributed by atoms with Crippen LogP contribution in [0, 0.1) is 0 Å². The number of aromatic nitrogens is 3. The molecular weight excluding hydrogens is 590 g/mol. The third kappa shape index (κ3) is 6.26. The maximum absolute atomic E-state index is 13.1. The molecule has 5 N–H and O–H groups in total. The van der Waals surface area contributed by atoms with E-state index in [-0.39, 0.29) is 47.9 Å². The molecule has 1 fully saturated rings. The molecule has 12 nitrogen and oxygen atoms in total. The molecule has 2 heterocycles. The van der Waals surface area contributed by atoms with Crippen LogP contribution in [0.5, 0.6) is 23.0 Å². The topological polar surface area (TPSA) is 170 Å². The average molecular weight is 630 g/mol. The Morgan fingerprint density at radius 2 is 1.57 bits per heavy atom. The summed E-state index contributed by atoms with van der Waals surface area (Å²) in [6.45, 7) is 9.44. The highest BCUT2D eigenvalue weighted by atomic mass is 16.5. The maximum Gasteiger partial charge on any atom is 0.289 e. The average Bonchev–Trinajstić information content (AvgIpc) is 3.44. The summed E-state index contributed by atoms with van der Waals surface area (Å²) < 4.78 is 7.54. The summed E-state index contributed by atoms with van der Waals surface area (Å²) in [7, 11) is 0. The number of hydrogen-bond donors (Lipinski definition) is 5. The van der Waals surface area contributed by atoms with Gasteiger partial charge in [-0.25, -0.2) is 0 Å². The van der Waals surface area contributed by atoms with E-state index < -0.39 is 17.1 Å². The van der Waals surface area contributed by atoms with E-state index in [9.17, 15) is 30.0 Å². The molecule has 1 aromatic heterocycles. The quantitative estimate of drug-likeness (QED) is 0.190. The van der Waals surface area contributed by atoms with Gasteiger partial charge in [-0.1, -0.05) is 13.8 Å². The molecule has 1 aliphatic heterocycles. The Morgan fingerprint density at radius 3 is 2.15 bits per heavy atom. The number of nitrogens with one attached hydrogen (secondary N) is 1. The van der Waals surface area contributed by atoms with E-state index >= 15 is 0 Å².